The fourth-order valence-corrected chi connectivity index (χ4v) is 6.85. The molecular weight excluding hydrogens is 840 g/mol. The van der Waals surface area contributed by atoms with Gasteiger partial charge < -0.3 is 48.9 Å². The minimum atomic E-state index is -1.49. The second-order valence-electron chi connectivity index (χ2n) is 19.1. The molecule has 1 amide bonds. The van der Waals surface area contributed by atoms with E-state index in [1.165, 1.54) is 0 Å². The van der Waals surface area contributed by atoms with Gasteiger partial charge in [-0.2, -0.15) is 0 Å². The molecule has 3 N–H and O–H groups in total. The minimum absolute atomic E-state index is 0.00742. The first kappa shape index (κ1) is 56.1. The summed E-state index contributed by atoms with van der Waals surface area (Å²) in [5, 5.41) is 17.2. The van der Waals surface area contributed by atoms with Gasteiger partial charge in [0.25, 0.3) is 0 Å². The zero-order valence-corrected chi connectivity index (χ0v) is 40.2. The Bertz CT molecular complexity index is 1500. The quantitative estimate of drug-likeness (QED) is 0.110. The smallest absolute Gasteiger partial charge is 0.320 e. The second-order valence-corrected chi connectivity index (χ2v) is 19.1. The molecule has 21 nitrogen and oxygen atoms in total. The zero-order chi connectivity index (χ0) is 48.4. The number of hydrogen-bond donors (Lipinski definition) is 3. The molecule has 2 heterocycles. The molecule has 3 unspecified atom stereocenters. The first-order chi connectivity index (χ1) is 29.6. The van der Waals surface area contributed by atoms with Crippen molar-refractivity contribution in [2.75, 3.05) is 98.2 Å². The molecule has 21 heteroatoms. The van der Waals surface area contributed by atoms with Crippen molar-refractivity contribution in [3.63, 3.8) is 0 Å². The molecule has 368 valence electrons. The van der Waals surface area contributed by atoms with Crippen LogP contribution in [0.4, 0.5) is 0 Å². The van der Waals surface area contributed by atoms with Crippen LogP contribution < -0.4 is 10.6 Å². The highest BCUT2D eigenvalue weighted by atomic mass is 16.7. The predicted molar refractivity (Wildman–Crippen MR) is 231 cm³/mol. The third-order valence-electron chi connectivity index (χ3n) is 9.34. The fourth-order valence-electron chi connectivity index (χ4n) is 6.85. The zero-order valence-electron chi connectivity index (χ0n) is 40.2. The predicted octanol–water partition coefficient (Wildman–Crippen LogP) is -0.159. The van der Waals surface area contributed by atoms with Crippen molar-refractivity contribution in [1.29, 1.82) is 0 Å². The maximum absolute atomic E-state index is 13.5. The topological polar surface area (TPSA) is 241 Å². The Morgan fingerprint density at radius 1 is 0.547 bits per heavy atom. The van der Waals surface area contributed by atoms with Crippen molar-refractivity contribution in [2.24, 2.45) is 0 Å². The lowest BCUT2D eigenvalue weighted by Crippen LogP contribution is -2.56. The maximum atomic E-state index is 13.5. The van der Waals surface area contributed by atoms with Crippen molar-refractivity contribution in [1.82, 2.24) is 30.2 Å². The van der Waals surface area contributed by atoms with E-state index in [2.05, 4.69) is 10.6 Å². The van der Waals surface area contributed by atoms with Crippen molar-refractivity contribution in [2.45, 2.75) is 137 Å². The van der Waals surface area contributed by atoms with Gasteiger partial charge in [0, 0.05) is 92.3 Å². The average molecular weight is 917 g/mol. The van der Waals surface area contributed by atoms with Crippen molar-refractivity contribution in [3.05, 3.63) is 0 Å². The summed E-state index contributed by atoms with van der Waals surface area (Å²) in [6, 6.07) is -0.566. The standard InChI is InChI=1S/C43H76N6O15/c1-29(50)59-38-33(53)23-32(28-58-40(61-31(3)52)39(38)60-30(2)51)44-13-14-45-34(54)24-46-15-17-47(25-35(55)62-41(4,5)6)19-21-49(27-37(57)64-43(10,11)12)22-20-48(18-16-46)26-36(56)63-42(7,8)9/h32-33,38-40,44,53H,13-28H2,1-12H3,(H,45,54)/t32?,33-,38?,39?,40+/m1/s1. The van der Waals surface area contributed by atoms with Gasteiger partial charge in [-0.25, -0.2) is 0 Å². The molecule has 0 aliphatic carbocycles. The Balaban J connectivity index is 2.21. The lowest BCUT2D eigenvalue weighted by atomic mass is 9.98. The van der Waals surface area contributed by atoms with Crippen LogP contribution in [0, 0.1) is 0 Å². The van der Waals surface area contributed by atoms with Crippen LogP contribution in [0.1, 0.15) is 89.5 Å². The van der Waals surface area contributed by atoms with E-state index in [4.69, 9.17) is 33.2 Å². The van der Waals surface area contributed by atoms with E-state index in [1.54, 1.807) is 62.3 Å². The molecule has 0 spiro atoms. The van der Waals surface area contributed by atoms with E-state index in [0.29, 0.717) is 52.4 Å². The van der Waals surface area contributed by atoms with E-state index in [-0.39, 0.29) is 58.2 Å². The summed E-state index contributed by atoms with van der Waals surface area (Å²) in [6.07, 6.45) is -5.69. The third kappa shape index (κ3) is 24.9. The number of ether oxygens (including phenoxy) is 7. The van der Waals surface area contributed by atoms with Gasteiger partial charge in [0.05, 0.1) is 38.9 Å². The Labute approximate surface area is 378 Å². The highest BCUT2D eigenvalue weighted by Gasteiger charge is 2.44. The monoisotopic (exact) mass is 917 g/mol. The largest absolute Gasteiger partial charge is 0.459 e. The highest BCUT2D eigenvalue weighted by Crippen LogP contribution is 2.24. The molecule has 2 rings (SSSR count). The maximum Gasteiger partial charge on any atom is 0.320 e. The van der Waals surface area contributed by atoms with Gasteiger partial charge in [-0.15, -0.1) is 0 Å². The number of nitrogens with zero attached hydrogens (tertiary/aromatic N) is 4. The Morgan fingerprint density at radius 2 is 0.906 bits per heavy atom. The molecule has 0 radical (unpaired) electrons. The number of rotatable bonds is 15. The van der Waals surface area contributed by atoms with Crippen molar-refractivity contribution in [3.8, 4) is 0 Å². The number of esters is 6. The lowest BCUT2D eigenvalue weighted by molar-refractivity contribution is -0.245. The molecule has 2 aliphatic rings. The van der Waals surface area contributed by atoms with Crippen LogP contribution >= 0.6 is 0 Å². The highest BCUT2D eigenvalue weighted by molar-refractivity contribution is 5.78. The molecule has 0 bridgehead atoms. The Kier molecular flexibility index (Phi) is 23.0. The minimum Gasteiger partial charge on any atom is -0.459 e. The average Bonchev–Trinajstić information content (AvgIpc) is 3.10. The van der Waals surface area contributed by atoms with Crippen LogP contribution in [-0.4, -0.2) is 212 Å². The summed E-state index contributed by atoms with van der Waals surface area (Å²) < 4.78 is 38.5. The van der Waals surface area contributed by atoms with Crippen molar-refractivity contribution >= 4 is 41.7 Å². The SMILES string of the molecule is CC(=O)OC1C(OC(C)=O)[C@H](O)CC(NCCNC(=O)CN2CCN(CC(=O)OC(C)(C)C)CCN(CC(=O)OC(C)(C)C)CCN(CC(=O)OC(C)(C)C)CC2)CO[C@H]1OC(C)=O. The lowest BCUT2D eigenvalue weighted by Gasteiger charge is -2.38. The summed E-state index contributed by atoms with van der Waals surface area (Å²) >= 11 is 0. The van der Waals surface area contributed by atoms with Crippen LogP contribution in [0.5, 0.6) is 0 Å². The normalized spacial score (nSPS) is 23.2. The Hall–Kier alpha value is -3.99. The number of nitrogens with one attached hydrogen (secondary N) is 2. The molecule has 2 fully saturated rings. The molecule has 64 heavy (non-hydrogen) atoms. The van der Waals surface area contributed by atoms with Gasteiger partial charge in [0.1, 0.15) is 16.8 Å². The molecule has 5 atom stereocenters. The van der Waals surface area contributed by atoms with E-state index < -0.39 is 83.3 Å². The molecule has 0 aromatic heterocycles. The van der Waals surface area contributed by atoms with Crippen LogP contribution in [0.25, 0.3) is 0 Å². The number of hydrogen-bond acceptors (Lipinski definition) is 20. The van der Waals surface area contributed by atoms with Gasteiger partial charge in [-0.3, -0.25) is 53.2 Å². The van der Waals surface area contributed by atoms with Gasteiger partial charge in [-0.1, -0.05) is 0 Å². The second kappa shape index (κ2) is 26.2. The fraction of sp³-hybridized carbons (Fsp3) is 0.837. The van der Waals surface area contributed by atoms with Crippen LogP contribution in [0.3, 0.4) is 0 Å². The molecule has 0 aromatic carbocycles. The van der Waals surface area contributed by atoms with E-state index >= 15 is 0 Å². The van der Waals surface area contributed by atoms with Crippen molar-refractivity contribution < 1.29 is 71.8 Å². The van der Waals surface area contributed by atoms with Gasteiger partial charge in [-0.05, 0) is 68.7 Å². The number of amides is 1. The summed E-state index contributed by atoms with van der Waals surface area (Å²) in [5.74, 6) is -3.79. The number of aliphatic hydroxyl groups excluding tert-OH is 1. The number of carbonyl (C=O) groups is 7. The first-order valence-electron chi connectivity index (χ1n) is 21.9. The molecule has 0 saturated carbocycles. The molecule has 2 saturated heterocycles. The molecule has 0 aromatic rings. The van der Waals surface area contributed by atoms with E-state index in [9.17, 15) is 38.7 Å². The summed E-state index contributed by atoms with van der Waals surface area (Å²) in [4.78, 5) is 96.0. The Morgan fingerprint density at radius 3 is 1.27 bits per heavy atom. The summed E-state index contributed by atoms with van der Waals surface area (Å²) in [7, 11) is 0. The summed E-state index contributed by atoms with van der Waals surface area (Å²) in [5.41, 5.74) is -2.07. The molecule has 2 aliphatic heterocycles. The van der Waals surface area contributed by atoms with Crippen LogP contribution in [-0.2, 0) is 66.7 Å². The van der Waals surface area contributed by atoms with E-state index in [0.717, 1.165) is 20.8 Å². The number of aliphatic hydroxyl groups is 1. The number of carbonyl (C=O) groups excluding carboxylic acids is 7. The van der Waals surface area contributed by atoms with Crippen LogP contribution in [0.15, 0.2) is 0 Å². The van der Waals surface area contributed by atoms with Gasteiger partial charge in [0.2, 0.25) is 18.3 Å². The molecular formula is C43H76N6O15. The van der Waals surface area contributed by atoms with E-state index in [1.807, 2.05) is 19.6 Å². The van der Waals surface area contributed by atoms with Gasteiger partial charge >= 0.3 is 35.8 Å². The van der Waals surface area contributed by atoms with Gasteiger partial charge in [0.15, 0.2) is 6.10 Å². The first-order valence-corrected chi connectivity index (χ1v) is 21.9. The third-order valence-corrected chi connectivity index (χ3v) is 9.34. The summed E-state index contributed by atoms with van der Waals surface area (Å²) in [6.45, 7) is 22.9. The van der Waals surface area contributed by atoms with Crippen LogP contribution in [0.2, 0.25) is 0 Å².